The minimum Gasteiger partial charge on any atom is -0.481 e. The number of hydrogen-bond donors (Lipinski definition) is 1. The van der Waals surface area contributed by atoms with Gasteiger partial charge in [0.1, 0.15) is 11.4 Å². The van der Waals surface area contributed by atoms with E-state index in [-0.39, 0.29) is 14.5 Å². The maximum atomic E-state index is 14.0. The maximum Gasteiger partial charge on any atom is 0.326 e. The molecule has 0 saturated carbocycles. The highest BCUT2D eigenvalue weighted by Crippen LogP contribution is 2.27. The Bertz CT molecular complexity index is 951. The molecule has 2 N–H and O–H groups in total. The molecule has 0 radical (unpaired) electrons. The fourth-order valence-corrected chi connectivity index (χ4v) is 4.99. The first-order chi connectivity index (χ1) is 13.0. The molecule has 0 atom stereocenters. The Hall–Kier alpha value is -1.81. The second-order valence-electron chi connectivity index (χ2n) is 6.42. The molecule has 2 aromatic rings. The highest BCUT2D eigenvalue weighted by molar-refractivity contribution is 7.99. The van der Waals surface area contributed by atoms with E-state index < -0.39 is 28.4 Å². The molecule has 10 heteroatoms. The summed E-state index contributed by atoms with van der Waals surface area (Å²) in [6.07, 6.45) is 0. The SMILES string of the molecule is C[N+](C)(CCSc1ccc(OCC(N)=O)c(F)c1)S(=O)(=O)c1ccc(Cl)cc1. The fourth-order valence-electron chi connectivity index (χ4n) is 2.23. The average Bonchev–Trinajstić information content (AvgIpc) is 2.61. The number of primary amides is 1. The molecule has 0 aromatic heterocycles. The first-order valence-corrected chi connectivity index (χ1v) is 11.0. The summed E-state index contributed by atoms with van der Waals surface area (Å²) in [5.74, 6) is -0.932. The van der Waals surface area contributed by atoms with E-state index in [1.165, 1.54) is 48.2 Å². The van der Waals surface area contributed by atoms with Crippen LogP contribution in [-0.2, 0) is 14.8 Å². The second-order valence-corrected chi connectivity index (χ2v) is 10.4. The summed E-state index contributed by atoms with van der Waals surface area (Å²) in [6.45, 7) is -0.102. The molecule has 0 aliphatic heterocycles. The van der Waals surface area contributed by atoms with Crippen molar-refractivity contribution < 1.29 is 26.2 Å². The Morgan fingerprint density at radius 2 is 1.86 bits per heavy atom. The van der Waals surface area contributed by atoms with E-state index in [0.717, 1.165) is 0 Å². The van der Waals surface area contributed by atoms with Gasteiger partial charge in [0.25, 0.3) is 5.91 Å². The molecule has 0 aliphatic rings. The zero-order chi connectivity index (χ0) is 20.9. The van der Waals surface area contributed by atoms with Gasteiger partial charge in [0.15, 0.2) is 18.2 Å². The van der Waals surface area contributed by atoms with E-state index in [4.69, 9.17) is 22.1 Å². The number of thioether (sulfide) groups is 1. The lowest BCUT2D eigenvalue weighted by atomic mass is 10.3. The molecule has 0 heterocycles. The van der Waals surface area contributed by atoms with Gasteiger partial charge in [-0.2, -0.15) is 8.42 Å². The molecule has 0 aliphatic carbocycles. The van der Waals surface area contributed by atoms with Crippen LogP contribution < -0.4 is 10.5 Å². The topological polar surface area (TPSA) is 86.5 Å². The quantitative estimate of drug-likeness (QED) is 0.471. The third-order valence-electron chi connectivity index (χ3n) is 3.93. The number of hydrogen-bond acceptors (Lipinski definition) is 5. The number of ether oxygens (including phenoxy) is 1. The molecule has 2 rings (SSSR count). The Labute approximate surface area is 173 Å². The van der Waals surface area contributed by atoms with Crippen LogP contribution in [0.4, 0.5) is 4.39 Å². The van der Waals surface area contributed by atoms with Gasteiger partial charge in [-0.15, -0.1) is 11.8 Å². The number of carbonyl (C=O) groups is 1. The van der Waals surface area contributed by atoms with Crippen LogP contribution in [-0.4, -0.2) is 51.2 Å². The summed E-state index contributed by atoms with van der Waals surface area (Å²) in [6, 6.07) is 10.3. The standard InChI is InChI=1S/C18H20ClFN2O4S2/c1-22(2,28(24,25)15-6-3-13(19)4-7-15)9-10-27-14-5-8-17(16(20)11-14)26-12-18(21)23/h3-8,11H,9-10,12H2,1-2H3,(H-,21,23)/p+1. The predicted molar refractivity (Wildman–Crippen MR) is 107 cm³/mol. The van der Waals surface area contributed by atoms with Crippen molar-refractivity contribution in [2.45, 2.75) is 9.79 Å². The van der Waals surface area contributed by atoms with Gasteiger partial charge >= 0.3 is 10.0 Å². The van der Waals surface area contributed by atoms with E-state index in [0.29, 0.717) is 22.2 Å². The van der Waals surface area contributed by atoms with Gasteiger partial charge in [-0.25, -0.2) is 8.28 Å². The van der Waals surface area contributed by atoms with Crippen molar-refractivity contribution in [3.05, 3.63) is 53.3 Å². The molecule has 152 valence electrons. The predicted octanol–water partition coefficient (Wildman–Crippen LogP) is 2.90. The number of quaternary nitrogens is 1. The second kappa shape index (κ2) is 9.13. The highest BCUT2D eigenvalue weighted by atomic mass is 35.5. The lowest BCUT2D eigenvalue weighted by Gasteiger charge is -2.28. The summed E-state index contributed by atoms with van der Waals surface area (Å²) >= 11 is 7.14. The fraction of sp³-hybridized carbons (Fsp3) is 0.278. The van der Waals surface area contributed by atoms with E-state index in [2.05, 4.69) is 0 Å². The minimum absolute atomic E-state index is 0.0652. The summed E-state index contributed by atoms with van der Waals surface area (Å²) in [7, 11) is -0.406. The van der Waals surface area contributed by atoms with Crippen LogP contribution >= 0.6 is 23.4 Å². The zero-order valence-corrected chi connectivity index (χ0v) is 17.8. The van der Waals surface area contributed by atoms with E-state index in [1.54, 1.807) is 20.2 Å². The van der Waals surface area contributed by atoms with Crippen molar-refractivity contribution in [1.82, 2.24) is 0 Å². The Morgan fingerprint density at radius 1 is 1.21 bits per heavy atom. The van der Waals surface area contributed by atoms with E-state index in [9.17, 15) is 17.6 Å². The number of amides is 1. The van der Waals surface area contributed by atoms with Gasteiger partial charge < -0.3 is 10.5 Å². The summed E-state index contributed by atoms with van der Waals surface area (Å²) in [4.78, 5) is 11.5. The number of benzene rings is 2. The third kappa shape index (κ3) is 5.60. The summed E-state index contributed by atoms with van der Waals surface area (Å²) in [5.41, 5.74) is 4.96. The van der Waals surface area contributed by atoms with Gasteiger partial charge in [0, 0.05) is 15.7 Å². The number of halogens is 2. The van der Waals surface area contributed by atoms with Crippen LogP contribution in [0.3, 0.4) is 0 Å². The summed E-state index contributed by atoms with van der Waals surface area (Å²) < 4.78 is 44.4. The molecule has 0 spiro atoms. The maximum absolute atomic E-state index is 14.0. The van der Waals surface area contributed by atoms with Crippen LogP contribution in [0, 0.1) is 5.82 Å². The van der Waals surface area contributed by atoms with Crippen molar-refractivity contribution in [2.75, 3.05) is 33.0 Å². The molecule has 2 aromatic carbocycles. The molecule has 0 fully saturated rings. The molecule has 28 heavy (non-hydrogen) atoms. The normalized spacial score (nSPS) is 12.0. The molecule has 1 amide bonds. The third-order valence-corrected chi connectivity index (χ3v) is 7.51. The Kier molecular flexibility index (Phi) is 7.33. The van der Waals surface area contributed by atoms with Gasteiger partial charge in [-0.05, 0) is 42.5 Å². The van der Waals surface area contributed by atoms with Crippen molar-refractivity contribution in [3.63, 3.8) is 0 Å². The molecule has 6 nitrogen and oxygen atoms in total. The Balaban J connectivity index is 2.00. The van der Waals surface area contributed by atoms with Gasteiger partial charge in [0.2, 0.25) is 0 Å². The van der Waals surface area contributed by atoms with E-state index >= 15 is 0 Å². The van der Waals surface area contributed by atoms with Crippen molar-refractivity contribution in [1.29, 1.82) is 0 Å². The average molecular weight is 448 g/mol. The van der Waals surface area contributed by atoms with Crippen molar-refractivity contribution >= 4 is 39.3 Å². The smallest absolute Gasteiger partial charge is 0.326 e. The largest absolute Gasteiger partial charge is 0.481 e. The number of nitrogens with zero attached hydrogens (tertiary/aromatic N) is 1. The van der Waals surface area contributed by atoms with E-state index in [1.807, 2.05) is 0 Å². The molecular weight excluding hydrogens is 427 g/mol. The number of sulfonamides is 1. The minimum atomic E-state index is -3.61. The monoisotopic (exact) mass is 447 g/mol. The number of rotatable bonds is 9. The molecule has 0 bridgehead atoms. The first-order valence-electron chi connectivity index (χ1n) is 8.20. The van der Waals surface area contributed by atoms with Crippen molar-refractivity contribution in [2.24, 2.45) is 5.73 Å². The molecule has 0 saturated heterocycles. The van der Waals surface area contributed by atoms with Crippen molar-refractivity contribution in [3.8, 4) is 5.75 Å². The lowest BCUT2D eigenvalue weighted by molar-refractivity contribution is -0.759. The van der Waals surface area contributed by atoms with Crippen LogP contribution in [0.1, 0.15) is 0 Å². The van der Waals surface area contributed by atoms with Crippen LogP contribution in [0.25, 0.3) is 0 Å². The first kappa shape index (κ1) is 22.5. The zero-order valence-electron chi connectivity index (χ0n) is 15.4. The lowest BCUT2D eigenvalue weighted by Crippen LogP contribution is -2.46. The molecular formula is C18H21ClFN2O4S2+. The van der Waals surface area contributed by atoms with Gasteiger partial charge in [0.05, 0.1) is 14.1 Å². The number of nitrogens with two attached hydrogens (primary N) is 1. The summed E-state index contributed by atoms with van der Waals surface area (Å²) in [5, 5.41) is 0.463. The Morgan fingerprint density at radius 3 is 2.43 bits per heavy atom. The van der Waals surface area contributed by atoms with Crippen LogP contribution in [0.15, 0.2) is 52.3 Å². The van der Waals surface area contributed by atoms with Gasteiger partial charge in [-0.1, -0.05) is 11.6 Å². The highest BCUT2D eigenvalue weighted by Gasteiger charge is 2.34. The van der Waals surface area contributed by atoms with Gasteiger partial charge in [-0.3, -0.25) is 4.79 Å². The van der Waals surface area contributed by atoms with Crippen LogP contribution in [0.5, 0.6) is 5.75 Å². The number of carbonyl (C=O) groups excluding carboxylic acids is 1. The molecule has 0 unspecified atom stereocenters. The van der Waals surface area contributed by atoms with Crippen LogP contribution in [0.2, 0.25) is 5.02 Å².